The second kappa shape index (κ2) is 4.22. The Bertz CT molecular complexity index is 490. The molecular weight excluding hydrogens is 204 g/mol. The predicted molar refractivity (Wildman–Crippen MR) is 59.0 cm³/mol. The summed E-state index contributed by atoms with van der Waals surface area (Å²) in [6.45, 7) is 3.95. The van der Waals surface area contributed by atoms with Crippen LogP contribution in [0.1, 0.15) is 30.4 Å². The normalized spacial score (nSPS) is 10.7. The number of hydrogen-bond acceptors (Lipinski definition) is 4. The summed E-state index contributed by atoms with van der Waals surface area (Å²) >= 11 is 0. The highest BCUT2D eigenvalue weighted by Gasteiger charge is 2.11. The molecular formula is C11H12N4O. The molecule has 2 aromatic rings. The number of aromatic nitrogens is 4. The first-order valence-electron chi connectivity index (χ1n) is 5.03. The van der Waals surface area contributed by atoms with Gasteiger partial charge >= 0.3 is 0 Å². The van der Waals surface area contributed by atoms with Crippen molar-refractivity contribution in [3.8, 4) is 11.4 Å². The highest BCUT2D eigenvalue weighted by Crippen LogP contribution is 2.17. The second-order valence-electron chi connectivity index (χ2n) is 3.70. The Labute approximate surface area is 93.2 Å². The summed E-state index contributed by atoms with van der Waals surface area (Å²) in [5.74, 6) is 0. The molecule has 5 nitrogen and oxygen atoms in total. The van der Waals surface area contributed by atoms with Gasteiger partial charge in [-0.1, -0.05) is 0 Å². The van der Waals surface area contributed by atoms with Gasteiger partial charge in [0.25, 0.3) is 0 Å². The molecule has 0 saturated heterocycles. The average molecular weight is 216 g/mol. The van der Waals surface area contributed by atoms with Gasteiger partial charge in [0, 0.05) is 18.4 Å². The van der Waals surface area contributed by atoms with Gasteiger partial charge in [0.1, 0.15) is 17.1 Å². The van der Waals surface area contributed by atoms with Gasteiger partial charge < -0.3 is 0 Å². The van der Waals surface area contributed by atoms with Crippen molar-refractivity contribution in [3.05, 3.63) is 30.4 Å². The van der Waals surface area contributed by atoms with Crippen LogP contribution in [-0.4, -0.2) is 26.0 Å². The first-order chi connectivity index (χ1) is 7.72. The third kappa shape index (κ3) is 1.84. The first kappa shape index (κ1) is 10.5. The summed E-state index contributed by atoms with van der Waals surface area (Å²) in [6.07, 6.45) is 5.63. The Morgan fingerprint density at radius 2 is 2.12 bits per heavy atom. The van der Waals surface area contributed by atoms with Crippen LogP contribution in [0, 0.1) is 0 Å². The lowest BCUT2D eigenvalue weighted by molar-refractivity contribution is 0.111. The van der Waals surface area contributed by atoms with Crippen molar-refractivity contribution < 1.29 is 4.79 Å². The van der Waals surface area contributed by atoms with Crippen LogP contribution >= 0.6 is 0 Å². The number of hydrogen-bond donors (Lipinski definition) is 0. The van der Waals surface area contributed by atoms with Gasteiger partial charge in [-0.15, -0.1) is 0 Å². The van der Waals surface area contributed by atoms with E-state index in [1.807, 2.05) is 13.8 Å². The Hall–Kier alpha value is -2.04. The highest BCUT2D eigenvalue weighted by atomic mass is 16.1. The van der Waals surface area contributed by atoms with Gasteiger partial charge in [-0.2, -0.15) is 5.10 Å². The van der Waals surface area contributed by atoms with E-state index in [-0.39, 0.29) is 6.04 Å². The lowest BCUT2D eigenvalue weighted by Gasteiger charge is -2.06. The van der Waals surface area contributed by atoms with Crippen molar-refractivity contribution in [2.24, 2.45) is 0 Å². The Morgan fingerprint density at radius 3 is 2.62 bits per heavy atom. The lowest BCUT2D eigenvalue weighted by Crippen LogP contribution is -2.06. The van der Waals surface area contributed by atoms with E-state index in [1.165, 1.54) is 0 Å². The van der Waals surface area contributed by atoms with Crippen molar-refractivity contribution in [1.29, 1.82) is 0 Å². The lowest BCUT2D eigenvalue weighted by atomic mass is 10.3. The molecule has 0 unspecified atom stereocenters. The maximum atomic E-state index is 10.9. The van der Waals surface area contributed by atoms with Crippen molar-refractivity contribution in [2.75, 3.05) is 0 Å². The number of aldehydes is 1. The topological polar surface area (TPSA) is 60.7 Å². The fraction of sp³-hybridized carbons (Fsp3) is 0.273. The van der Waals surface area contributed by atoms with Crippen LogP contribution in [0.3, 0.4) is 0 Å². The number of carbonyl (C=O) groups excluding carboxylic acids is 1. The standard InChI is InChI=1S/C11H12N4O/c1-8(2)15-9(7-16)5-10(14-15)11-6-12-3-4-13-11/h3-8H,1-2H3. The van der Waals surface area contributed by atoms with Crippen LogP contribution in [0.25, 0.3) is 11.4 Å². The fourth-order valence-electron chi connectivity index (χ4n) is 1.47. The van der Waals surface area contributed by atoms with Crippen molar-refractivity contribution >= 4 is 6.29 Å². The summed E-state index contributed by atoms with van der Waals surface area (Å²) < 4.78 is 1.68. The van der Waals surface area contributed by atoms with E-state index in [9.17, 15) is 4.79 Å². The molecule has 0 aromatic carbocycles. The molecule has 0 spiro atoms. The number of carbonyl (C=O) groups is 1. The Balaban J connectivity index is 2.48. The SMILES string of the molecule is CC(C)n1nc(-c2cnccn2)cc1C=O. The third-order valence-corrected chi connectivity index (χ3v) is 2.20. The van der Waals surface area contributed by atoms with Gasteiger partial charge in [-0.3, -0.25) is 19.4 Å². The van der Waals surface area contributed by atoms with Gasteiger partial charge in [0.15, 0.2) is 6.29 Å². The molecule has 2 rings (SSSR count). The van der Waals surface area contributed by atoms with Crippen LogP contribution in [0.2, 0.25) is 0 Å². The molecule has 0 radical (unpaired) electrons. The van der Waals surface area contributed by atoms with Crippen molar-refractivity contribution in [1.82, 2.24) is 19.7 Å². The molecule has 0 fully saturated rings. The van der Waals surface area contributed by atoms with Gasteiger partial charge in [-0.25, -0.2) is 0 Å². The van der Waals surface area contributed by atoms with E-state index < -0.39 is 0 Å². The second-order valence-corrected chi connectivity index (χ2v) is 3.70. The highest BCUT2D eigenvalue weighted by molar-refractivity contribution is 5.75. The number of rotatable bonds is 3. The zero-order valence-electron chi connectivity index (χ0n) is 9.16. The molecule has 82 valence electrons. The molecule has 0 aliphatic carbocycles. The Kier molecular flexibility index (Phi) is 2.76. The van der Waals surface area contributed by atoms with E-state index >= 15 is 0 Å². The molecule has 0 N–H and O–H groups in total. The Morgan fingerprint density at radius 1 is 1.31 bits per heavy atom. The summed E-state index contributed by atoms with van der Waals surface area (Å²) in [6, 6.07) is 1.86. The third-order valence-electron chi connectivity index (χ3n) is 2.20. The van der Waals surface area contributed by atoms with Crippen molar-refractivity contribution in [2.45, 2.75) is 19.9 Å². The fourth-order valence-corrected chi connectivity index (χ4v) is 1.47. The summed E-state index contributed by atoms with van der Waals surface area (Å²) in [5.41, 5.74) is 1.89. The largest absolute Gasteiger partial charge is 0.296 e. The zero-order valence-corrected chi connectivity index (χ0v) is 9.16. The van der Waals surface area contributed by atoms with Gasteiger partial charge in [-0.05, 0) is 19.9 Å². The minimum atomic E-state index is 0.144. The molecule has 0 atom stereocenters. The van der Waals surface area contributed by atoms with E-state index in [0.717, 1.165) is 6.29 Å². The van der Waals surface area contributed by atoms with Crippen LogP contribution in [0.4, 0.5) is 0 Å². The molecule has 0 aliphatic heterocycles. The van der Waals surface area contributed by atoms with E-state index in [1.54, 1.807) is 29.3 Å². The molecule has 0 bridgehead atoms. The summed E-state index contributed by atoms with van der Waals surface area (Å²) in [5, 5.41) is 4.33. The quantitative estimate of drug-likeness (QED) is 0.733. The zero-order chi connectivity index (χ0) is 11.5. The molecule has 2 aromatic heterocycles. The monoisotopic (exact) mass is 216 g/mol. The van der Waals surface area contributed by atoms with Crippen LogP contribution in [0.5, 0.6) is 0 Å². The molecule has 0 saturated carbocycles. The molecule has 2 heterocycles. The first-order valence-corrected chi connectivity index (χ1v) is 5.03. The minimum Gasteiger partial charge on any atom is -0.296 e. The van der Waals surface area contributed by atoms with E-state index in [0.29, 0.717) is 17.1 Å². The van der Waals surface area contributed by atoms with Crippen molar-refractivity contribution in [3.63, 3.8) is 0 Å². The maximum Gasteiger partial charge on any atom is 0.168 e. The van der Waals surface area contributed by atoms with Gasteiger partial charge in [0.05, 0.1) is 6.20 Å². The summed E-state index contributed by atoms with van der Waals surface area (Å²) in [4.78, 5) is 19.0. The molecule has 16 heavy (non-hydrogen) atoms. The maximum absolute atomic E-state index is 10.9. The average Bonchev–Trinajstić information content (AvgIpc) is 2.74. The van der Waals surface area contributed by atoms with Crippen LogP contribution < -0.4 is 0 Å². The number of nitrogens with zero attached hydrogens (tertiary/aromatic N) is 4. The molecule has 0 amide bonds. The smallest absolute Gasteiger partial charge is 0.168 e. The predicted octanol–water partition coefficient (Wildman–Crippen LogP) is 1.73. The van der Waals surface area contributed by atoms with Gasteiger partial charge in [0.2, 0.25) is 0 Å². The minimum absolute atomic E-state index is 0.144. The van der Waals surface area contributed by atoms with Crippen LogP contribution in [0.15, 0.2) is 24.7 Å². The summed E-state index contributed by atoms with van der Waals surface area (Å²) in [7, 11) is 0. The van der Waals surface area contributed by atoms with E-state index in [2.05, 4.69) is 15.1 Å². The van der Waals surface area contributed by atoms with E-state index in [4.69, 9.17) is 0 Å². The molecule has 5 heteroatoms. The molecule has 0 aliphatic rings. The van der Waals surface area contributed by atoms with Crippen LogP contribution in [-0.2, 0) is 0 Å².